The summed E-state index contributed by atoms with van der Waals surface area (Å²) in [6.45, 7) is 0.396. The average Bonchev–Trinajstić information content (AvgIpc) is 2.47. The molecular formula is C16H18N2OS. The van der Waals surface area contributed by atoms with Crippen molar-refractivity contribution in [2.75, 3.05) is 11.9 Å². The number of thiocarbonyl (C=S) groups is 1. The van der Waals surface area contributed by atoms with E-state index in [-0.39, 0.29) is 6.04 Å². The number of hydrogen-bond acceptors (Lipinski definition) is 3. The number of hydrogen-bond donors (Lipinski definition) is 2. The molecule has 1 atom stereocenters. The molecule has 4 heteroatoms. The van der Waals surface area contributed by atoms with Crippen LogP contribution in [0.1, 0.15) is 5.56 Å². The first-order valence-electron chi connectivity index (χ1n) is 6.52. The van der Waals surface area contributed by atoms with Gasteiger partial charge in [0.1, 0.15) is 6.61 Å². The van der Waals surface area contributed by atoms with Gasteiger partial charge in [0.15, 0.2) is 0 Å². The van der Waals surface area contributed by atoms with E-state index in [0.717, 1.165) is 12.1 Å². The summed E-state index contributed by atoms with van der Waals surface area (Å²) in [5.74, 6) is 0. The van der Waals surface area contributed by atoms with Crippen molar-refractivity contribution in [3.63, 3.8) is 0 Å². The van der Waals surface area contributed by atoms with E-state index in [1.807, 2.05) is 48.5 Å². The van der Waals surface area contributed by atoms with Crippen LogP contribution in [0.25, 0.3) is 0 Å². The van der Waals surface area contributed by atoms with Crippen LogP contribution >= 0.6 is 12.2 Å². The van der Waals surface area contributed by atoms with Crippen molar-refractivity contribution in [3.05, 3.63) is 66.2 Å². The van der Waals surface area contributed by atoms with Gasteiger partial charge in [-0.05, 0) is 36.3 Å². The highest BCUT2D eigenvalue weighted by molar-refractivity contribution is 7.80. The molecule has 0 bridgehead atoms. The van der Waals surface area contributed by atoms with E-state index in [0.29, 0.717) is 11.8 Å². The van der Waals surface area contributed by atoms with E-state index in [2.05, 4.69) is 17.4 Å². The van der Waals surface area contributed by atoms with Crippen molar-refractivity contribution < 1.29 is 4.74 Å². The van der Waals surface area contributed by atoms with Crippen LogP contribution in [0.5, 0.6) is 0 Å². The van der Waals surface area contributed by atoms with Crippen LogP contribution in [0, 0.1) is 0 Å². The Labute approximate surface area is 124 Å². The third-order valence-corrected chi connectivity index (χ3v) is 3.01. The molecule has 0 saturated heterocycles. The second kappa shape index (κ2) is 7.62. The maximum Gasteiger partial charge on any atom is 0.261 e. The molecule has 0 spiro atoms. The molecule has 0 aliphatic carbocycles. The lowest BCUT2D eigenvalue weighted by molar-refractivity contribution is 0.282. The van der Waals surface area contributed by atoms with Crippen molar-refractivity contribution in [2.24, 2.45) is 5.73 Å². The van der Waals surface area contributed by atoms with Crippen LogP contribution in [0.3, 0.4) is 0 Å². The van der Waals surface area contributed by atoms with E-state index in [4.69, 9.17) is 22.7 Å². The molecule has 0 saturated carbocycles. The molecule has 0 radical (unpaired) electrons. The molecule has 0 unspecified atom stereocenters. The van der Waals surface area contributed by atoms with Gasteiger partial charge in [-0.25, -0.2) is 0 Å². The monoisotopic (exact) mass is 286 g/mol. The number of nitrogens with one attached hydrogen (secondary N) is 1. The van der Waals surface area contributed by atoms with Crippen molar-refractivity contribution in [2.45, 2.75) is 12.5 Å². The zero-order chi connectivity index (χ0) is 14.2. The van der Waals surface area contributed by atoms with Gasteiger partial charge in [0.2, 0.25) is 0 Å². The summed E-state index contributed by atoms with van der Waals surface area (Å²) in [6, 6.07) is 19.7. The highest BCUT2D eigenvalue weighted by atomic mass is 32.1. The van der Waals surface area contributed by atoms with Crippen molar-refractivity contribution in [1.29, 1.82) is 0 Å². The molecule has 104 valence electrons. The zero-order valence-electron chi connectivity index (χ0n) is 11.2. The molecule has 2 aromatic rings. The maximum atomic E-state index is 6.03. The molecule has 2 aromatic carbocycles. The molecule has 20 heavy (non-hydrogen) atoms. The van der Waals surface area contributed by atoms with E-state index >= 15 is 0 Å². The van der Waals surface area contributed by atoms with Crippen LogP contribution in [-0.4, -0.2) is 17.8 Å². The zero-order valence-corrected chi connectivity index (χ0v) is 12.0. The summed E-state index contributed by atoms with van der Waals surface area (Å²) in [6.07, 6.45) is 0.773. The van der Waals surface area contributed by atoms with Crippen molar-refractivity contribution in [3.8, 4) is 0 Å². The predicted octanol–water partition coefficient (Wildman–Crippen LogP) is 2.97. The highest BCUT2D eigenvalue weighted by Crippen LogP contribution is 2.06. The first-order chi connectivity index (χ1) is 9.74. The van der Waals surface area contributed by atoms with Gasteiger partial charge in [-0.2, -0.15) is 0 Å². The van der Waals surface area contributed by atoms with E-state index in [9.17, 15) is 0 Å². The van der Waals surface area contributed by atoms with Crippen molar-refractivity contribution in [1.82, 2.24) is 0 Å². The average molecular weight is 286 g/mol. The Morgan fingerprint density at radius 2 is 1.65 bits per heavy atom. The first kappa shape index (κ1) is 14.5. The second-order valence-electron chi connectivity index (χ2n) is 4.54. The molecule has 3 N–H and O–H groups in total. The lowest BCUT2D eigenvalue weighted by Crippen LogP contribution is -2.31. The van der Waals surface area contributed by atoms with Crippen LogP contribution < -0.4 is 11.1 Å². The summed E-state index contributed by atoms with van der Waals surface area (Å²) in [4.78, 5) is 0. The Bertz CT molecular complexity index is 531. The standard InChI is InChI=1S/C16H18N2OS/c17-14(11-13-7-3-1-4-8-13)12-19-16(20)18-15-9-5-2-6-10-15/h1-10,14H,11-12,17H2,(H,18,20)/t14-/m0/s1. The quantitative estimate of drug-likeness (QED) is 0.830. The molecule has 0 aromatic heterocycles. The number of para-hydroxylation sites is 1. The Morgan fingerprint density at radius 3 is 2.30 bits per heavy atom. The second-order valence-corrected chi connectivity index (χ2v) is 4.91. The van der Waals surface area contributed by atoms with Gasteiger partial charge in [0, 0.05) is 11.7 Å². The first-order valence-corrected chi connectivity index (χ1v) is 6.93. The Kier molecular flexibility index (Phi) is 5.53. The molecule has 2 rings (SSSR count). The molecular weight excluding hydrogens is 268 g/mol. The number of benzene rings is 2. The molecule has 0 fully saturated rings. The molecule has 0 amide bonds. The predicted molar refractivity (Wildman–Crippen MR) is 86.7 cm³/mol. The van der Waals surface area contributed by atoms with Gasteiger partial charge in [-0.15, -0.1) is 0 Å². The number of rotatable bonds is 5. The largest absolute Gasteiger partial charge is 0.469 e. The molecule has 0 aliphatic rings. The number of anilines is 1. The normalized spacial score (nSPS) is 11.7. The van der Waals surface area contributed by atoms with E-state index in [1.165, 1.54) is 5.56 Å². The fraction of sp³-hybridized carbons (Fsp3) is 0.188. The summed E-state index contributed by atoms with van der Waals surface area (Å²) >= 11 is 5.13. The number of nitrogens with two attached hydrogens (primary N) is 1. The molecule has 0 heterocycles. The summed E-state index contributed by atoms with van der Waals surface area (Å²) < 4.78 is 5.48. The third kappa shape index (κ3) is 4.99. The van der Waals surface area contributed by atoms with Gasteiger partial charge in [0.25, 0.3) is 5.17 Å². The fourth-order valence-corrected chi connectivity index (χ4v) is 2.02. The van der Waals surface area contributed by atoms with Gasteiger partial charge in [0.05, 0.1) is 0 Å². The molecule has 3 nitrogen and oxygen atoms in total. The minimum Gasteiger partial charge on any atom is -0.469 e. The summed E-state index contributed by atoms with van der Waals surface area (Å²) in [5, 5.41) is 3.36. The smallest absolute Gasteiger partial charge is 0.261 e. The lowest BCUT2D eigenvalue weighted by Gasteiger charge is -2.14. The highest BCUT2D eigenvalue weighted by Gasteiger charge is 2.06. The SMILES string of the molecule is N[C@H](COC(=S)Nc1ccccc1)Cc1ccccc1. The summed E-state index contributed by atoms with van der Waals surface area (Å²) in [5.41, 5.74) is 8.15. The van der Waals surface area contributed by atoms with Crippen LogP contribution in [-0.2, 0) is 11.2 Å². The van der Waals surface area contributed by atoms with Gasteiger partial charge < -0.3 is 15.8 Å². The minimum atomic E-state index is -0.0760. The number of ether oxygens (including phenoxy) is 1. The van der Waals surface area contributed by atoms with Gasteiger partial charge in [-0.1, -0.05) is 48.5 Å². The van der Waals surface area contributed by atoms with Gasteiger partial charge in [-0.3, -0.25) is 0 Å². The van der Waals surface area contributed by atoms with Gasteiger partial charge >= 0.3 is 0 Å². The molecule has 0 aliphatic heterocycles. The fourth-order valence-electron chi connectivity index (χ4n) is 1.83. The lowest BCUT2D eigenvalue weighted by atomic mass is 10.1. The summed E-state index contributed by atoms with van der Waals surface area (Å²) in [7, 11) is 0. The van der Waals surface area contributed by atoms with Crippen LogP contribution in [0.2, 0.25) is 0 Å². The topological polar surface area (TPSA) is 47.3 Å². The van der Waals surface area contributed by atoms with Crippen LogP contribution in [0.15, 0.2) is 60.7 Å². The van der Waals surface area contributed by atoms with E-state index in [1.54, 1.807) is 0 Å². The van der Waals surface area contributed by atoms with Crippen molar-refractivity contribution >= 4 is 23.1 Å². The Balaban J connectivity index is 1.73. The van der Waals surface area contributed by atoms with Crippen LogP contribution in [0.4, 0.5) is 5.69 Å². The Morgan fingerprint density at radius 1 is 1.05 bits per heavy atom. The minimum absolute atomic E-state index is 0.0760. The van der Waals surface area contributed by atoms with E-state index < -0.39 is 0 Å². The Hall–Kier alpha value is -1.91. The third-order valence-electron chi connectivity index (χ3n) is 2.79. The maximum absolute atomic E-state index is 6.03.